The first kappa shape index (κ1) is 16.7. The number of H-pyrrole nitrogens is 1. The van der Waals surface area contributed by atoms with E-state index in [1.165, 1.54) is 11.8 Å². The summed E-state index contributed by atoms with van der Waals surface area (Å²) >= 11 is 1.44. The first-order valence-electron chi connectivity index (χ1n) is 8.00. The molecule has 128 valence electrons. The highest BCUT2D eigenvalue weighted by Gasteiger charge is 2.32. The molecule has 0 spiro atoms. The molecule has 0 radical (unpaired) electrons. The van der Waals surface area contributed by atoms with Crippen LogP contribution in [0.1, 0.15) is 43.2 Å². The predicted octanol–water partition coefficient (Wildman–Crippen LogP) is 2.93. The smallest absolute Gasteiger partial charge is 0.270 e. The Balaban J connectivity index is 2.18. The van der Waals surface area contributed by atoms with E-state index in [4.69, 9.17) is 4.74 Å². The van der Waals surface area contributed by atoms with E-state index in [0.29, 0.717) is 18.0 Å². The van der Waals surface area contributed by atoms with Crippen LogP contribution in [0.15, 0.2) is 29.1 Å². The molecular formula is C17H21N3O3S. The maximum absolute atomic E-state index is 12.6. The van der Waals surface area contributed by atoms with Gasteiger partial charge in [0.05, 0.1) is 23.2 Å². The van der Waals surface area contributed by atoms with Crippen molar-refractivity contribution in [2.24, 2.45) is 0 Å². The van der Waals surface area contributed by atoms with Crippen LogP contribution in [0.2, 0.25) is 0 Å². The van der Waals surface area contributed by atoms with Gasteiger partial charge in [-0.15, -0.1) is 11.8 Å². The Morgan fingerprint density at radius 3 is 2.79 bits per heavy atom. The number of ether oxygens (including phenoxy) is 1. The first-order chi connectivity index (χ1) is 11.5. The lowest BCUT2D eigenvalue weighted by atomic mass is 10.0. The molecule has 1 aliphatic rings. The van der Waals surface area contributed by atoms with Crippen molar-refractivity contribution in [3.63, 3.8) is 0 Å². The van der Waals surface area contributed by atoms with Crippen LogP contribution in [0, 0.1) is 0 Å². The molecule has 0 saturated carbocycles. The van der Waals surface area contributed by atoms with Crippen molar-refractivity contribution >= 4 is 23.5 Å². The van der Waals surface area contributed by atoms with E-state index in [1.807, 2.05) is 45.0 Å². The van der Waals surface area contributed by atoms with Crippen LogP contribution in [0.5, 0.6) is 5.75 Å². The Hall–Kier alpha value is -2.15. The second-order valence-electron chi connectivity index (χ2n) is 5.88. The van der Waals surface area contributed by atoms with Crippen LogP contribution in [-0.2, 0) is 4.79 Å². The summed E-state index contributed by atoms with van der Waals surface area (Å²) in [6, 6.07) is 7.71. The van der Waals surface area contributed by atoms with E-state index in [2.05, 4.69) is 10.4 Å². The number of hydrogen-bond donors (Lipinski definition) is 2. The van der Waals surface area contributed by atoms with Gasteiger partial charge in [-0.1, -0.05) is 18.2 Å². The van der Waals surface area contributed by atoms with E-state index in [1.54, 1.807) is 4.68 Å². The van der Waals surface area contributed by atoms with Crippen molar-refractivity contribution in [3.8, 4) is 5.75 Å². The summed E-state index contributed by atoms with van der Waals surface area (Å²) in [6.45, 7) is 6.39. The minimum Gasteiger partial charge on any atom is -0.494 e. The minimum absolute atomic E-state index is 0.0348. The molecular weight excluding hydrogens is 326 g/mol. The summed E-state index contributed by atoms with van der Waals surface area (Å²) in [6.07, 6.45) is 0. The molecule has 24 heavy (non-hydrogen) atoms. The topological polar surface area (TPSA) is 76.1 Å². The third kappa shape index (κ3) is 2.96. The van der Waals surface area contributed by atoms with Gasteiger partial charge in [0.1, 0.15) is 11.6 Å². The zero-order valence-corrected chi connectivity index (χ0v) is 14.8. The Morgan fingerprint density at radius 1 is 1.33 bits per heavy atom. The molecule has 3 rings (SSSR count). The highest BCUT2D eigenvalue weighted by molar-refractivity contribution is 8.00. The van der Waals surface area contributed by atoms with Gasteiger partial charge in [-0.05, 0) is 26.8 Å². The highest BCUT2D eigenvalue weighted by atomic mass is 32.2. The van der Waals surface area contributed by atoms with Gasteiger partial charge in [0.25, 0.3) is 5.56 Å². The van der Waals surface area contributed by atoms with E-state index < -0.39 is 0 Å². The van der Waals surface area contributed by atoms with Crippen molar-refractivity contribution in [1.29, 1.82) is 0 Å². The molecule has 1 aromatic carbocycles. The number of amides is 1. The maximum Gasteiger partial charge on any atom is 0.270 e. The van der Waals surface area contributed by atoms with Gasteiger partial charge in [-0.25, -0.2) is 0 Å². The van der Waals surface area contributed by atoms with E-state index in [-0.39, 0.29) is 28.5 Å². The summed E-state index contributed by atoms with van der Waals surface area (Å²) in [5, 5.41) is 5.46. The van der Waals surface area contributed by atoms with Crippen LogP contribution < -0.4 is 15.6 Å². The van der Waals surface area contributed by atoms with Crippen LogP contribution in [0.4, 0.5) is 5.82 Å². The Labute approximate surface area is 144 Å². The number of carbonyl (C=O) groups excluding carboxylic acids is 1. The van der Waals surface area contributed by atoms with Crippen molar-refractivity contribution in [1.82, 2.24) is 9.78 Å². The summed E-state index contributed by atoms with van der Waals surface area (Å²) in [5.74, 6) is 1.49. The van der Waals surface area contributed by atoms with Crippen molar-refractivity contribution < 1.29 is 9.53 Å². The number of nitrogens with one attached hydrogen (secondary N) is 2. The van der Waals surface area contributed by atoms with Gasteiger partial charge in [0.2, 0.25) is 5.91 Å². The van der Waals surface area contributed by atoms with E-state index >= 15 is 0 Å². The number of aromatic nitrogens is 2. The monoisotopic (exact) mass is 347 g/mol. The molecule has 0 fully saturated rings. The molecule has 2 N–H and O–H groups in total. The number of para-hydroxylation sites is 1. The maximum atomic E-state index is 12.6. The third-order valence-electron chi connectivity index (χ3n) is 3.88. The highest BCUT2D eigenvalue weighted by Crippen LogP contribution is 2.43. The van der Waals surface area contributed by atoms with Gasteiger partial charge in [-0.2, -0.15) is 0 Å². The second kappa shape index (κ2) is 6.76. The minimum atomic E-state index is -0.259. The average molecular weight is 347 g/mol. The Bertz CT molecular complexity index is 810. The molecule has 2 heterocycles. The number of thioether (sulfide) groups is 1. The molecule has 0 bridgehead atoms. The largest absolute Gasteiger partial charge is 0.494 e. The second-order valence-corrected chi connectivity index (χ2v) is 6.97. The number of fused-ring (bicyclic) bond motifs is 1. The zero-order chi connectivity index (χ0) is 17.3. The molecule has 0 aliphatic carbocycles. The van der Waals surface area contributed by atoms with Crippen LogP contribution >= 0.6 is 11.8 Å². The lowest BCUT2D eigenvalue weighted by molar-refractivity contribution is -0.113. The number of anilines is 1. The van der Waals surface area contributed by atoms with Crippen molar-refractivity contribution in [2.75, 3.05) is 17.7 Å². The van der Waals surface area contributed by atoms with Gasteiger partial charge in [0.15, 0.2) is 0 Å². The van der Waals surface area contributed by atoms with Gasteiger partial charge < -0.3 is 10.1 Å². The van der Waals surface area contributed by atoms with Crippen molar-refractivity contribution in [3.05, 3.63) is 45.7 Å². The Kier molecular flexibility index (Phi) is 4.71. The van der Waals surface area contributed by atoms with Crippen LogP contribution in [0.25, 0.3) is 0 Å². The van der Waals surface area contributed by atoms with Gasteiger partial charge in [-0.3, -0.25) is 19.4 Å². The third-order valence-corrected chi connectivity index (χ3v) is 5.13. The number of benzene rings is 1. The number of rotatable bonds is 4. The zero-order valence-electron chi connectivity index (χ0n) is 14.0. The standard InChI is InChI=1S/C17H21N3O3S/c1-4-23-12-8-6-5-7-11(12)15-14-16(18-13(21)9-24-15)20(10(2)3)19-17(14)22/h5-8,10,15H,4,9H2,1-3H3,(H,18,21)(H,19,22)/t15-/m0/s1. The molecule has 7 heteroatoms. The number of carbonyl (C=O) groups is 1. The fraction of sp³-hybridized carbons (Fsp3) is 0.412. The molecule has 0 unspecified atom stereocenters. The molecule has 1 amide bonds. The van der Waals surface area contributed by atoms with Crippen LogP contribution in [0.3, 0.4) is 0 Å². The quantitative estimate of drug-likeness (QED) is 0.892. The molecule has 1 aliphatic heterocycles. The van der Waals surface area contributed by atoms with Crippen molar-refractivity contribution in [2.45, 2.75) is 32.1 Å². The predicted molar refractivity (Wildman–Crippen MR) is 96.0 cm³/mol. The SMILES string of the molecule is CCOc1ccccc1[C@@H]1SCC(=O)Nc2c1c(=O)[nH]n2C(C)C. The Morgan fingerprint density at radius 2 is 2.08 bits per heavy atom. The molecule has 0 saturated heterocycles. The molecule has 2 aromatic rings. The normalized spacial score (nSPS) is 17.3. The van der Waals surface area contributed by atoms with E-state index in [0.717, 1.165) is 11.3 Å². The molecule has 6 nitrogen and oxygen atoms in total. The lowest BCUT2D eigenvalue weighted by Crippen LogP contribution is -2.17. The fourth-order valence-electron chi connectivity index (χ4n) is 2.86. The fourth-order valence-corrected chi connectivity index (χ4v) is 4.01. The van der Waals surface area contributed by atoms with E-state index in [9.17, 15) is 9.59 Å². The number of nitrogens with zero attached hydrogens (tertiary/aromatic N) is 1. The average Bonchev–Trinajstić information content (AvgIpc) is 2.76. The van der Waals surface area contributed by atoms with Crippen LogP contribution in [-0.4, -0.2) is 28.0 Å². The van der Waals surface area contributed by atoms with Gasteiger partial charge >= 0.3 is 0 Å². The first-order valence-corrected chi connectivity index (χ1v) is 9.05. The summed E-state index contributed by atoms with van der Waals surface area (Å²) in [4.78, 5) is 24.7. The molecule has 1 aromatic heterocycles. The summed E-state index contributed by atoms with van der Waals surface area (Å²) < 4.78 is 7.45. The van der Waals surface area contributed by atoms with Gasteiger partial charge in [0, 0.05) is 11.6 Å². The lowest BCUT2D eigenvalue weighted by Gasteiger charge is -2.18. The number of hydrogen-bond acceptors (Lipinski definition) is 4. The summed E-state index contributed by atoms with van der Waals surface area (Å²) in [7, 11) is 0. The number of aromatic amines is 1. The summed E-state index contributed by atoms with van der Waals surface area (Å²) in [5.41, 5.74) is 1.31. The molecule has 1 atom stereocenters.